The van der Waals surface area contributed by atoms with Crippen molar-refractivity contribution in [1.29, 1.82) is 0 Å². The summed E-state index contributed by atoms with van der Waals surface area (Å²) in [6, 6.07) is 0.375. The molecule has 0 bridgehead atoms. The Hall–Kier alpha value is -0.270. The number of nitrogens with one attached hydrogen (secondary N) is 1. The zero-order chi connectivity index (χ0) is 13.7. The van der Waals surface area contributed by atoms with Crippen molar-refractivity contribution in [2.75, 3.05) is 6.26 Å². The molecule has 1 saturated carbocycles. The third kappa shape index (κ3) is 4.65. The summed E-state index contributed by atoms with van der Waals surface area (Å²) in [6.45, 7) is 1.93. The summed E-state index contributed by atoms with van der Waals surface area (Å²) in [4.78, 5) is 12.1. The quantitative estimate of drug-likeness (QED) is 0.845. The lowest BCUT2D eigenvalue weighted by Crippen LogP contribution is -2.40. The molecule has 0 radical (unpaired) electrons. The van der Waals surface area contributed by atoms with Crippen LogP contribution < -0.4 is 5.32 Å². The van der Waals surface area contributed by atoms with Crippen molar-refractivity contribution >= 4 is 40.8 Å². The van der Waals surface area contributed by atoms with Crippen molar-refractivity contribution in [1.82, 2.24) is 15.5 Å². The van der Waals surface area contributed by atoms with Crippen molar-refractivity contribution in [3.63, 3.8) is 0 Å². The van der Waals surface area contributed by atoms with E-state index < -0.39 is 0 Å². The molecule has 0 aromatic carbocycles. The smallest absolute Gasteiger partial charge is 0.233 e. The number of carbonyl (C=O) groups excluding carboxylic acids is 1. The van der Waals surface area contributed by atoms with Crippen molar-refractivity contribution in [2.24, 2.45) is 0 Å². The highest BCUT2D eigenvalue weighted by Crippen LogP contribution is 2.30. The van der Waals surface area contributed by atoms with E-state index in [0.29, 0.717) is 6.04 Å². The van der Waals surface area contributed by atoms with Gasteiger partial charge in [-0.25, -0.2) is 0 Å². The third-order valence-electron chi connectivity index (χ3n) is 3.16. The minimum absolute atomic E-state index is 0.107. The highest BCUT2D eigenvalue weighted by Gasteiger charge is 2.21. The van der Waals surface area contributed by atoms with E-state index in [4.69, 9.17) is 0 Å². The first-order chi connectivity index (χ1) is 9.19. The molecule has 4 nitrogen and oxygen atoms in total. The number of hydrogen-bond donors (Lipinski definition) is 1. The molecular formula is C12H19N3OS3. The molecule has 1 aliphatic rings. The second-order valence-electron chi connectivity index (χ2n) is 4.64. The number of hydrogen-bond acceptors (Lipinski definition) is 6. The summed E-state index contributed by atoms with van der Waals surface area (Å²) >= 11 is 4.63. The summed E-state index contributed by atoms with van der Waals surface area (Å²) in [5.74, 6) is 0.123. The number of thioether (sulfide) groups is 2. The molecule has 1 fully saturated rings. The Bertz CT molecular complexity index is 418. The molecule has 0 aliphatic heterocycles. The summed E-state index contributed by atoms with van der Waals surface area (Å²) in [6.07, 6.45) is 8.00. The van der Waals surface area contributed by atoms with Crippen LogP contribution in [0, 0.1) is 0 Å². The molecule has 19 heavy (non-hydrogen) atoms. The topological polar surface area (TPSA) is 54.9 Å². The lowest BCUT2D eigenvalue weighted by atomic mass is 9.95. The zero-order valence-corrected chi connectivity index (χ0v) is 13.7. The number of rotatable bonds is 5. The van der Waals surface area contributed by atoms with Gasteiger partial charge in [-0.3, -0.25) is 4.79 Å². The van der Waals surface area contributed by atoms with Crippen LogP contribution in [0.15, 0.2) is 8.68 Å². The highest BCUT2D eigenvalue weighted by atomic mass is 32.2. The van der Waals surface area contributed by atoms with Crippen molar-refractivity contribution in [3.05, 3.63) is 0 Å². The Morgan fingerprint density at radius 2 is 2.00 bits per heavy atom. The average Bonchev–Trinajstić information content (AvgIpc) is 2.87. The molecule has 0 spiro atoms. The second-order valence-corrected chi connectivity index (χ2v) is 8.26. The maximum atomic E-state index is 12.1. The molecule has 1 amide bonds. The van der Waals surface area contributed by atoms with Crippen LogP contribution in [0.4, 0.5) is 0 Å². The number of nitrogens with zero attached hydrogens (tertiary/aromatic N) is 2. The first kappa shape index (κ1) is 15.1. The van der Waals surface area contributed by atoms with E-state index in [9.17, 15) is 4.79 Å². The lowest BCUT2D eigenvalue weighted by Gasteiger charge is -2.24. The van der Waals surface area contributed by atoms with Crippen LogP contribution in [0.3, 0.4) is 0 Å². The van der Waals surface area contributed by atoms with Gasteiger partial charge in [0.05, 0.1) is 5.25 Å². The monoisotopic (exact) mass is 317 g/mol. The number of aromatic nitrogens is 2. The summed E-state index contributed by atoms with van der Waals surface area (Å²) < 4.78 is 1.82. The van der Waals surface area contributed by atoms with Crippen LogP contribution in [0.2, 0.25) is 0 Å². The standard InChI is InChI=1S/C12H19N3OS3/c1-8(18-12-15-14-11(17-2)19-12)10(16)13-9-6-4-3-5-7-9/h8-9H,3-7H2,1-2H3,(H,13,16). The van der Waals surface area contributed by atoms with E-state index >= 15 is 0 Å². The van der Waals surface area contributed by atoms with Gasteiger partial charge in [-0.1, -0.05) is 54.1 Å². The Morgan fingerprint density at radius 1 is 1.32 bits per heavy atom. The highest BCUT2D eigenvalue weighted by molar-refractivity contribution is 8.03. The molecule has 1 N–H and O–H groups in total. The molecule has 0 saturated heterocycles. The Morgan fingerprint density at radius 3 is 2.63 bits per heavy atom. The maximum absolute atomic E-state index is 12.1. The molecular weight excluding hydrogens is 298 g/mol. The first-order valence-corrected chi connectivity index (χ1v) is 9.45. The van der Waals surface area contributed by atoms with Gasteiger partial charge in [0.15, 0.2) is 8.68 Å². The lowest BCUT2D eigenvalue weighted by molar-refractivity contribution is -0.121. The third-order valence-corrected chi connectivity index (χ3v) is 6.24. The van der Waals surface area contributed by atoms with Crippen LogP contribution in [0.5, 0.6) is 0 Å². The van der Waals surface area contributed by atoms with Gasteiger partial charge < -0.3 is 5.32 Å². The van der Waals surface area contributed by atoms with Crippen LogP contribution in [-0.4, -0.2) is 33.7 Å². The van der Waals surface area contributed by atoms with Gasteiger partial charge in [0.25, 0.3) is 0 Å². The van der Waals surface area contributed by atoms with Crippen molar-refractivity contribution < 1.29 is 4.79 Å². The molecule has 1 heterocycles. The Balaban J connectivity index is 1.81. The van der Waals surface area contributed by atoms with Crippen molar-refractivity contribution in [3.8, 4) is 0 Å². The molecule has 2 rings (SSSR count). The fourth-order valence-electron chi connectivity index (χ4n) is 2.10. The first-order valence-electron chi connectivity index (χ1n) is 6.53. The molecule has 7 heteroatoms. The largest absolute Gasteiger partial charge is 0.352 e. The predicted octanol–water partition coefficient (Wildman–Crippen LogP) is 3.19. The number of amides is 1. The second kappa shape index (κ2) is 7.50. The van der Waals surface area contributed by atoms with E-state index in [1.165, 1.54) is 31.0 Å². The molecule has 1 aliphatic carbocycles. The predicted molar refractivity (Wildman–Crippen MR) is 82.0 cm³/mol. The van der Waals surface area contributed by atoms with Gasteiger partial charge in [-0.15, -0.1) is 10.2 Å². The Labute approximate surface area is 126 Å². The van der Waals surface area contributed by atoms with Crippen LogP contribution in [-0.2, 0) is 4.79 Å². The fraction of sp³-hybridized carbons (Fsp3) is 0.750. The SMILES string of the molecule is CSc1nnc(SC(C)C(=O)NC2CCCCC2)s1. The van der Waals surface area contributed by atoms with E-state index in [1.54, 1.807) is 23.1 Å². The minimum Gasteiger partial charge on any atom is -0.352 e. The molecule has 1 aromatic heterocycles. The van der Waals surface area contributed by atoms with Crippen molar-refractivity contribution in [2.45, 2.75) is 59.0 Å². The molecule has 1 atom stereocenters. The minimum atomic E-state index is -0.107. The van der Waals surface area contributed by atoms with Gasteiger partial charge in [0.1, 0.15) is 0 Å². The zero-order valence-electron chi connectivity index (χ0n) is 11.2. The van der Waals surface area contributed by atoms with Gasteiger partial charge in [0, 0.05) is 6.04 Å². The summed E-state index contributed by atoms with van der Waals surface area (Å²) in [5, 5.41) is 11.2. The molecule has 106 valence electrons. The Kier molecular flexibility index (Phi) is 5.97. The van der Waals surface area contributed by atoms with Crippen LogP contribution in [0.25, 0.3) is 0 Å². The van der Waals surface area contributed by atoms with E-state index in [-0.39, 0.29) is 11.2 Å². The summed E-state index contributed by atoms with van der Waals surface area (Å²) in [5.41, 5.74) is 0. The fourth-order valence-corrected chi connectivity index (χ4v) is 4.69. The summed E-state index contributed by atoms with van der Waals surface area (Å²) in [7, 11) is 0. The maximum Gasteiger partial charge on any atom is 0.233 e. The average molecular weight is 318 g/mol. The van der Waals surface area contributed by atoms with E-state index in [0.717, 1.165) is 21.5 Å². The van der Waals surface area contributed by atoms with Gasteiger partial charge in [0.2, 0.25) is 5.91 Å². The molecule has 1 unspecified atom stereocenters. The van der Waals surface area contributed by atoms with E-state index in [2.05, 4.69) is 15.5 Å². The normalized spacial score (nSPS) is 18.2. The van der Waals surface area contributed by atoms with Crippen LogP contribution in [0.1, 0.15) is 39.0 Å². The van der Waals surface area contributed by atoms with Gasteiger partial charge in [-0.2, -0.15) is 0 Å². The van der Waals surface area contributed by atoms with Gasteiger partial charge >= 0.3 is 0 Å². The number of carbonyl (C=O) groups is 1. The van der Waals surface area contributed by atoms with E-state index in [1.807, 2.05) is 13.2 Å². The molecule has 1 aromatic rings. The van der Waals surface area contributed by atoms with Crippen LogP contribution >= 0.6 is 34.9 Å². The van der Waals surface area contributed by atoms with Gasteiger partial charge in [-0.05, 0) is 26.0 Å².